The van der Waals surface area contributed by atoms with Crippen LogP contribution in [0.15, 0.2) is 59.7 Å². The van der Waals surface area contributed by atoms with Crippen LogP contribution in [-0.4, -0.2) is 54.1 Å². The van der Waals surface area contributed by atoms with E-state index in [4.69, 9.17) is 5.73 Å². The highest BCUT2D eigenvalue weighted by Crippen LogP contribution is 2.41. The minimum Gasteiger partial charge on any atom is -0.392 e. The van der Waals surface area contributed by atoms with Crippen molar-refractivity contribution in [2.75, 3.05) is 25.1 Å². The summed E-state index contributed by atoms with van der Waals surface area (Å²) in [7, 11) is 5.09. The second-order valence-corrected chi connectivity index (χ2v) is 10.6. The topological polar surface area (TPSA) is 144 Å². The third-order valence-electron chi connectivity index (χ3n) is 7.38. The van der Waals surface area contributed by atoms with Gasteiger partial charge in [0.15, 0.2) is 5.82 Å². The number of rotatable bonds is 7. The van der Waals surface area contributed by atoms with E-state index in [1.807, 2.05) is 6.07 Å². The predicted molar refractivity (Wildman–Crippen MR) is 157 cm³/mol. The fraction of sp³-hybridized carbons (Fsp3) is 0.233. The van der Waals surface area contributed by atoms with E-state index in [0.29, 0.717) is 39.5 Å². The molecule has 214 valence electrons. The summed E-state index contributed by atoms with van der Waals surface area (Å²) in [6.45, 7) is -0.456. The fourth-order valence-electron chi connectivity index (χ4n) is 5.14. The molecule has 3 aromatic heterocycles. The zero-order valence-corrected chi connectivity index (χ0v) is 23.3. The van der Waals surface area contributed by atoms with Gasteiger partial charge in [-0.1, -0.05) is 18.2 Å². The third kappa shape index (κ3) is 4.85. The van der Waals surface area contributed by atoms with Gasteiger partial charge in [-0.3, -0.25) is 14.2 Å². The molecule has 3 heterocycles. The molecule has 0 atom stereocenters. The summed E-state index contributed by atoms with van der Waals surface area (Å²) in [5.74, 6) is -0.178. The number of aliphatic hydroxyl groups excluding tert-OH is 1. The third-order valence-corrected chi connectivity index (χ3v) is 7.38. The first-order chi connectivity index (χ1) is 20.1. The fourth-order valence-corrected chi connectivity index (χ4v) is 5.14. The van der Waals surface area contributed by atoms with E-state index in [-0.39, 0.29) is 29.0 Å². The van der Waals surface area contributed by atoms with Crippen LogP contribution in [0.25, 0.3) is 27.8 Å². The molecular weight excluding hydrogens is 539 g/mol. The van der Waals surface area contributed by atoms with Crippen molar-refractivity contribution in [2.45, 2.75) is 25.4 Å². The van der Waals surface area contributed by atoms with Crippen LogP contribution < -0.4 is 16.6 Å². The molecule has 0 saturated heterocycles. The van der Waals surface area contributed by atoms with Crippen LogP contribution in [0.1, 0.15) is 40.4 Å². The Morgan fingerprint density at radius 3 is 2.67 bits per heavy atom. The number of hydrogen-bond acceptors (Lipinski definition) is 8. The van der Waals surface area contributed by atoms with Crippen molar-refractivity contribution in [2.24, 2.45) is 7.05 Å². The number of aliphatic hydroxyl groups is 1. The highest BCUT2D eigenvalue weighted by Gasteiger charge is 2.25. The number of nitrogens with two attached hydrogens (primary N) is 1. The Morgan fingerprint density at radius 2 is 1.95 bits per heavy atom. The number of anilines is 3. The SMILES string of the molecule is CN(C)C(=O)c1cc(Nc2nc(N)nc(-c3cccc(-n4ccc5cc(C6CC6)cc(F)c5c4=O)c3CO)n2)cn1C. The molecule has 5 aromatic rings. The van der Waals surface area contributed by atoms with E-state index in [9.17, 15) is 14.7 Å². The van der Waals surface area contributed by atoms with Crippen molar-refractivity contribution >= 4 is 34.3 Å². The van der Waals surface area contributed by atoms with Gasteiger partial charge in [0.1, 0.15) is 11.5 Å². The molecule has 0 unspecified atom stereocenters. The second kappa shape index (κ2) is 10.4. The maximum absolute atomic E-state index is 15.2. The summed E-state index contributed by atoms with van der Waals surface area (Å²) in [6.07, 6.45) is 5.34. The van der Waals surface area contributed by atoms with Gasteiger partial charge in [0.25, 0.3) is 11.5 Å². The number of aromatic nitrogens is 5. The highest BCUT2D eigenvalue weighted by atomic mass is 19.1. The van der Waals surface area contributed by atoms with Gasteiger partial charge >= 0.3 is 0 Å². The maximum Gasteiger partial charge on any atom is 0.270 e. The molecule has 1 fully saturated rings. The average molecular weight is 569 g/mol. The lowest BCUT2D eigenvalue weighted by Gasteiger charge is -2.16. The summed E-state index contributed by atoms with van der Waals surface area (Å²) in [6, 6.07) is 11.7. The van der Waals surface area contributed by atoms with Crippen molar-refractivity contribution in [1.82, 2.24) is 29.0 Å². The van der Waals surface area contributed by atoms with Crippen LogP contribution in [0.3, 0.4) is 0 Å². The lowest BCUT2D eigenvalue weighted by atomic mass is 10.0. The summed E-state index contributed by atoms with van der Waals surface area (Å²) < 4.78 is 18.2. The molecule has 4 N–H and O–H groups in total. The Hall–Kier alpha value is -5.10. The Balaban J connectivity index is 1.40. The van der Waals surface area contributed by atoms with Crippen LogP contribution >= 0.6 is 0 Å². The number of halogens is 1. The number of amides is 1. The first kappa shape index (κ1) is 27.1. The van der Waals surface area contributed by atoms with Crippen molar-refractivity contribution in [1.29, 1.82) is 0 Å². The van der Waals surface area contributed by atoms with E-state index >= 15 is 4.39 Å². The molecule has 11 nitrogen and oxygen atoms in total. The molecular formula is C30H29FN8O3. The average Bonchev–Trinajstić information content (AvgIpc) is 3.74. The first-order valence-corrected chi connectivity index (χ1v) is 13.4. The molecule has 0 aliphatic heterocycles. The number of nitrogens with zero attached hydrogens (tertiary/aromatic N) is 6. The summed E-state index contributed by atoms with van der Waals surface area (Å²) in [4.78, 5) is 40.4. The lowest BCUT2D eigenvalue weighted by Crippen LogP contribution is -2.23. The van der Waals surface area contributed by atoms with Gasteiger partial charge < -0.3 is 25.6 Å². The minimum atomic E-state index is -0.562. The number of aryl methyl sites for hydroxylation is 1. The quantitative estimate of drug-likeness (QED) is 0.270. The van der Waals surface area contributed by atoms with Gasteiger partial charge in [-0.15, -0.1) is 0 Å². The van der Waals surface area contributed by atoms with Gasteiger partial charge in [-0.2, -0.15) is 15.0 Å². The van der Waals surface area contributed by atoms with Crippen LogP contribution in [0.4, 0.5) is 22.0 Å². The Morgan fingerprint density at radius 1 is 1.17 bits per heavy atom. The molecule has 2 aromatic carbocycles. The van der Waals surface area contributed by atoms with E-state index in [1.54, 1.807) is 68.4 Å². The van der Waals surface area contributed by atoms with Crippen molar-refractivity contribution in [3.63, 3.8) is 0 Å². The van der Waals surface area contributed by atoms with E-state index in [0.717, 1.165) is 18.4 Å². The zero-order valence-electron chi connectivity index (χ0n) is 23.3. The standard InChI is InChI=1S/C30H29FN8O3/c1-37(2)27(41)24-13-19(14-38(24)3)33-30-35-26(34-29(32)36-30)20-5-4-6-23(21(20)15-40)39-10-9-17-11-18(16-7-8-16)12-22(31)25(17)28(39)42/h4-6,9-14,16,40H,7-8,15H2,1-3H3,(H3,32,33,34,35,36). The molecule has 1 aliphatic rings. The number of hydrogen-bond donors (Lipinski definition) is 3. The van der Waals surface area contributed by atoms with E-state index in [2.05, 4.69) is 20.3 Å². The molecule has 42 heavy (non-hydrogen) atoms. The van der Waals surface area contributed by atoms with Crippen LogP contribution in [0.5, 0.6) is 0 Å². The number of nitrogen functional groups attached to an aromatic ring is 1. The second-order valence-electron chi connectivity index (χ2n) is 10.6. The number of benzene rings is 2. The predicted octanol–water partition coefficient (Wildman–Crippen LogP) is 3.72. The van der Waals surface area contributed by atoms with Crippen LogP contribution in [0, 0.1) is 5.82 Å². The zero-order chi connectivity index (χ0) is 29.7. The smallest absolute Gasteiger partial charge is 0.270 e. The van der Waals surface area contributed by atoms with E-state index < -0.39 is 18.0 Å². The van der Waals surface area contributed by atoms with Crippen molar-refractivity contribution in [3.8, 4) is 17.1 Å². The van der Waals surface area contributed by atoms with Crippen molar-refractivity contribution < 1.29 is 14.3 Å². The summed E-state index contributed by atoms with van der Waals surface area (Å²) in [5, 5.41) is 14.0. The number of nitrogens with one attached hydrogen (secondary N) is 1. The van der Waals surface area contributed by atoms with Crippen molar-refractivity contribution in [3.05, 3.63) is 87.9 Å². The van der Waals surface area contributed by atoms with E-state index in [1.165, 1.54) is 15.5 Å². The molecule has 0 radical (unpaired) electrons. The largest absolute Gasteiger partial charge is 0.392 e. The number of carbonyl (C=O) groups is 1. The monoisotopic (exact) mass is 568 g/mol. The van der Waals surface area contributed by atoms with Crippen LogP contribution in [0.2, 0.25) is 0 Å². The van der Waals surface area contributed by atoms with Gasteiger partial charge in [0, 0.05) is 44.7 Å². The van der Waals surface area contributed by atoms with Gasteiger partial charge in [-0.05, 0) is 54.0 Å². The van der Waals surface area contributed by atoms with Gasteiger partial charge in [0.05, 0.1) is 23.4 Å². The molecule has 6 rings (SSSR count). The molecule has 0 spiro atoms. The molecule has 12 heteroatoms. The summed E-state index contributed by atoms with van der Waals surface area (Å²) >= 11 is 0. The van der Waals surface area contributed by atoms with Crippen LogP contribution in [-0.2, 0) is 13.7 Å². The number of carbonyl (C=O) groups excluding carboxylic acids is 1. The minimum absolute atomic E-state index is 0.0120. The Bertz CT molecular complexity index is 1930. The number of fused-ring (bicyclic) bond motifs is 1. The van der Waals surface area contributed by atoms with Gasteiger partial charge in [0.2, 0.25) is 11.9 Å². The maximum atomic E-state index is 15.2. The Kier molecular flexibility index (Phi) is 6.70. The normalized spacial score (nSPS) is 13.0. The van der Waals surface area contributed by atoms with Gasteiger partial charge in [-0.25, -0.2) is 4.39 Å². The Labute approximate surface area is 240 Å². The molecule has 0 bridgehead atoms. The lowest BCUT2D eigenvalue weighted by molar-refractivity contribution is 0.0818. The molecule has 1 saturated carbocycles. The first-order valence-electron chi connectivity index (χ1n) is 13.4. The molecule has 1 aliphatic carbocycles. The number of pyridine rings is 1. The molecule has 1 amide bonds. The highest BCUT2D eigenvalue weighted by molar-refractivity contribution is 5.93. The summed E-state index contributed by atoms with van der Waals surface area (Å²) in [5.41, 5.74) is 8.54.